The summed E-state index contributed by atoms with van der Waals surface area (Å²) in [6.45, 7) is -1.07. The van der Waals surface area contributed by atoms with E-state index in [0.29, 0.717) is 5.56 Å². The van der Waals surface area contributed by atoms with Crippen LogP contribution in [0.15, 0.2) is 12.1 Å². The lowest BCUT2D eigenvalue weighted by Gasteiger charge is -2.10. The van der Waals surface area contributed by atoms with Crippen molar-refractivity contribution in [2.24, 2.45) is 0 Å². The van der Waals surface area contributed by atoms with E-state index in [1.807, 2.05) is 0 Å². The molecule has 0 unspecified atom stereocenters. The average molecular weight is 299 g/mol. The van der Waals surface area contributed by atoms with E-state index in [2.05, 4.69) is 4.74 Å². The fraction of sp³-hybridized carbons (Fsp3) is 0.364. The van der Waals surface area contributed by atoms with Gasteiger partial charge in [-0.15, -0.1) is 0 Å². The van der Waals surface area contributed by atoms with Crippen LogP contribution in [0.5, 0.6) is 5.75 Å². The van der Waals surface area contributed by atoms with Crippen LogP contribution < -0.4 is 4.74 Å². The second-order valence-electron chi connectivity index (χ2n) is 3.21. The second-order valence-corrected chi connectivity index (χ2v) is 3.97. The first-order valence-electron chi connectivity index (χ1n) is 5.03. The molecule has 0 atom stereocenters. The molecule has 0 heterocycles. The Kier molecular flexibility index (Phi) is 5.62. The van der Waals surface area contributed by atoms with Crippen LogP contribution >= 0.6 is 23.2 Å². The largest absolute Gasteiger partial charge is 0.466 e. The van der Waals surface area contributed by atoms with Gasteiger partial charge in [0.25, 0.3) is 0 Å². The summed E-state index contributed by atoms with van der Waals surface area (Å²) >= 11 is 11.6. The van der Waals surface area contributed by atoms with Gasteiger partial charge in [0.2, 0.25) is 0 Å². The van der Waals surface area contributed by atoms with Gasteiger partial charge >= 0.3 is 12.6 Å². The highest BCUT2D eigenvalue weighted by Crippen LogP contribution is 2.35. The molecule has 1 rings (SSSR count). The zero-order valence-electron chi connectivity index (χ0n) is 9.38. The molecule has 0 N–H and O–H groups in total. The van der Waals surface area contributed by atoms with Crippen molar-refractivity contribution in [3.63, 3.8) is 0 Å². The fourth-order valence-corrected chi connectivity index (χ4v) is 1.71. The molecule has 0 aliphatic heterocycles. The van der Waals surface area contributed by atoms with Gasteiger partial charge in [-0.25, -0.2) is 0 Å². The molecule has 0 amide bonds. The highest BCUT2D eigenvalue weighted by molar-refractivity contribution is 6.43. The Labute approximate surface area is 113 Å². The summed E-state index contributed by atoms with van der Waals surface area (Å²) in [5, 5.41) is -0.151. The van der Waals surface area contributed by atoms with Crippen molar-refractivity contribution in [1.29, 1.82) is 0 Å². The van der Waals surface area contributed by atoms with Gasteiger partial charge in [0.15, 0.2) is 0 Å². The molecule has 0 aliphatic carbocycles. The summed E-state index contributed by atoms with van der Waals surface area (Å²) in [4.78, 5) is 11.3. The number of carbonyl (C=O) groups excluding carboxylic acids is 1. The highest BCUT2D eigenvalue weighted by atomic mass is 35.5. The topological polar surface area (TPSA) is 35.5 Å². The maximum absolute atomic E-state index is 12.0. The Morgan fingerprint density at radius 3 is 2.56 bits per heavy atom. The Morgan fingerprint density at radius 2 is 2.00 bits per heavy atom. The average Bonchev–Trinajstić information content (AvgIpc) is 2.29. The smallest absolute Gasteiger partial charge is 0.387 e. The summed E-state index contributed by atoms with van der Waals surface area (Å²) in [5.41, 5.74) is 0.390. The molecule has 0 saturated heterocycles. The number of rotatable bonds is 5. The molecule has 0 bridgehead atoms. The van der Waals surface area contributed by atoms with E-state index in [1.54, 1.807) is 6.92 Å². The van der Waals surface area contributed by atoms with Gasteiger partial charge in [0.05, 0.1) is 18.1 Å². The minimum absolute atomic E-state index is 0.00266. The standard InChI is InChI=1S/C11H10Cl2F2O3/c1-2-17-8(16)5-6-3-4-7(18-11(14)15)10(13)9(6)12/h3-4,11H,2,5H2,1H3. The van der Waals surface area contributed by atoms with Crippen LogP contribution in [0.2, 0.25) is 10.0 Å². The van der Waals surface area contributed by atoms with Gasteiger partial charge < -0.3 is 9.47 Å². The molecule has 3 nitrogen and oxygen atoms in total. The van der Waals surface area contributed by atoms with Crippen LogP contribution in [-0.2, 0) is 16.0 Å². The SMILES string of the molecule is CCOC(=O)Cc1ccc(OC(F)F)c(Cl)c1Cl. The minimum Gasteiger partial charge on any atom is -0.466 e. The monoisotopic (exact) mass is 298 g/mol. The zero-order chi connectivity index (χ0) is 13.7. The van der Waals surface area contributed by atoms with Crippen molar-refractivity contribution < 1.29 is 23.0 Å². The van der Waals surface area contributed by atoms with E-state index in [-0.39, 0.29) is 28.8 Å². The predicted molar refractivity (Wildman–Crippen MR) is 63.4 cm³/mol. The number of carbonyl (C=O) groups is 1. The van der Waals surface area contributed by atoms with E-state index in [0.717, 1.165) is 0 Å². The van der Waals surface area contributed by atoms with Crippen molar-refractivity contribution in [3.8, 4) is 5.75 Å². The van der Waals surface area contributed by atoms with E-state index in [1.165, 1.54) is 12.1 Å². The first-order valence-corrected chi connectivity index (χ1v) is 5.78. The fourth-order valence-electron chi connectivity index (χ4n) is 1.26. The first-order chi connectivity index (χ1) is 8.45. The molecule has 7 heteroatoms. The molecule has 0 saturated carbocycles. The Morgan fingerprint density at radius 1 is 1.33 bits per heavy atom. The van der Waals surface area contributed by atoms with Crippen molar-refractivity contribution in [3.05, 3.63) is 27.7 Å². The first kappa shape index (κ1) is 15.0. The molecule has 0 radical (unpaired) electrons. The summed E-state index contributed by atoms with van der Waals surface area (Å²) in [7, 11) is 0. The third-order valence-corrected chi connectivity index (χ3v) is 2.89. The summed E-state index contributed by atoms with van der Waals surface area (Å²) in [5.74, 6) is -0.706. The molecular weight excluding hydrogens is 289 g/mol. The number of ether oxygens (including phenoxy) is 2. The van der Waals surface area contributed by atoms with Crippen LogP contribution in [0.3, 0.4) is 0 Å². The van der Waals surface area contributed by atoms with Crippen LogP contribution in [0.1, 0.15) is 12.5 Å². The van der Waals surface area contributed by atoms with Crippen LogP contribution in [0.25, 0.3) is 0 Å². The van der Waals surface area contributed by atoms with Gasteiger partial charge in [-0.3, -0.25) is 4.79 Å². The maximum Gasteiger partial charge on any atom is 0.387 e. The molecule has 18 heavy (non-hydrogen) atoms. The maximum atomic E-state index is 12.0. The minimum atomic E-state index is -2.99. The molecule has 0 fully saturated rings. The number of esters is 1. The van der Waals surface area contributed by atoms with Crippen molar-refractivity contribution >= 4 is 29.2 Å². The Hall–Kier alpha value is -1.07. The number of benzene rings is 1. The molecule has 0 spiro atoms. The number of halogens is 4. The molecule has 0 aromatic heterocycles. The number of hydrogen-bond acceptors (Lipinski definition) is 3. The van der Waals surface area contributed by atoms with E-state index >= 15 is 0 Å². The molecule has 1 aromatic rings. The molecule has 1 aromatic carbocycles. The van der Waals surface area contributed by atoms with Gasteiger partial charge in [0.1, 0.15) is 10.8 Å². The summed E-state index contributed by atoms with van der Waals surface area (Å²) in [6, 6.07) is 2.62. The van der Waals surface area contributed by atoms with Crippen LogP contribution in [0, 0.1) is 0 Å². The number of alkyl halides is 2. The lowest BCUT2D eigenvalue weighted by atomic mass is 10.1. The van der Waals surface area contributed by atoms with E-state index in [9.17, 15) is 13.6 Å². The van der Waals surface area contributed by atoms with Gasteiger partial charge in [-0.2, -0.15) is 8.78 Å². The van der Waals surface area contributed by atoms with Crippen molar-refractivity contribution in [1.82, 2.24) is 0 Å². The Bertz CT molecular complexity index is 439. The second kappa shape index (κ2) is 6.75. The lowest BCUT2D eigenvalue weighted by Crippen LogP contribution is -2.08. The van der Waals surface area contributed by atoms with Crippen LogP contribution in [-0.4, -0.2) is 19.2 Å². The van der Waals surface area contributed by atoms with Crippen molar-refractivity contribution in [2.45, 2.75) is 20.0 Å². The van der Waals surface area contributed by atoms with E-state index < -0.39 is 12.6 Å². The molecule has 100 valence electrons. The zero-order valence-corrected chi connectivity index (χ0v) is 10.9. The van der Waals surface area contributed by atoms with Crippen LogP contribution in [0.4, 0.5) is 8.78 Å². The third kappa shape index (κ3) is 3.99. The third-order valence-electron chi connectivity index (χ3n) is 1.98. The summed E-state index contributed by atoms with van der Waals surface area (Å²) in [6.07, 6.45) is -0.0820. The molecular formula is C11H10Cl2F2O3. The molecule has 0 aliphatic rings. The summed E-state index contributed by atoms with van der Waals surface area (Å²) < 4.78 is 33.0. The van der Waals surface area contributed by atoms with Gasteiger partial charge in [-0.1, -0.05) is 29.3 Å². The van der Waals surface area contributed by atoms with E-state index in [4.69, 9.17) is 27.9 Å². The number of hydrogen-bond donors (Lipinski definition) is 0. The lowest BCUT2D eigenvalue weighted by molar-refractivity contribution is -0.142. The highest BCUT2D eigenvalue weighted by Gasteiger charge is 2.16. The quantitative estimate of drug-likeness (QED) is 0.778. The van der Waals surface area contributed by atoms with Gasteiger partial charge in [-0.05, 0) is 18.6 Å². The predicted octanol–water partition coefficient (Wildman–Crippen LogP) is 3.70. The Balaban J connectivity index is 2.90. The normalized spacial score (nSPS) is 10.6. The van der Waals surface area contributed by atoms with Crippen molar-refractivity contribution in [2.75, 3.05) is 6.61 Å². The van der Waals surface area contributed by atoms with Gasteiger partial charge in [0, 0.05) is 0 Å².